The lowest BCUT2D eigenvalue weighted by Gasteiger charge is -2.04. The molecule has 2 N–H and O–H groups in total. The van der Waals surface area contributed by atoms with Crippen LogP contribution in [0.5, 0.6) is 0 Å². The maximum Gasteiger partial charge on any atom is 0.254 e. The van der Waals surface area contributed by atoms with E-state index in [0.29, 0.717) is 5.56 Å². The molecule has 0 spiro atoms. The molecule has 1 aromatic rings. The summed E-state index contributed by atoms with van der Waals surface area (Å²) in [5.74, 6) is 1.21. The predicted molar refractivity (Wildman–Crippen MR) is 72.5 cm³/mol. The summed E-state index contributed by atoms with van der Waals surface area (Å²) >= 11 is 1.89. The van der Waals surface area contributed by atoms with E-state index in [-0.39, 0.29) is 5.91 Å². The van der Waals surface area contributed by atoms with Gasteiger partial charge in [-0.1, -0.05) is 12.8 Å². The minimum atomic E-state index is -0.0274. The van der Waals surface area contributed by atoms with Crippen LogP contribution in [0.1, 0.15) is 41.7 Å². The second-order valence-corrected chi connectivity index (χ2v) is 5.06. The third kappa shape index (κ3) is 5.26. The van der Waals surface area contributed by atoms with E-state index in [2.05, 4.69) is 21.8 Å². The number of amides is 1. The molecule has 0 atom stereocenters. The molecule has 0 aliphatic carbocycles. The van der Waals surface area contributed by atoms with Crippen LogP contribution in [-0.2, 0) is 0 Å². The van der Waals surface area contributed by atoms with Gasteiger partial charge < -0.3 is 5.32 Å². The number of aromatic nitrogens is 2. The molecule has 0 saturated carbocycles. The van der Waals surface area contributed by atoms with Crippen molar-refractivity contribution in [3.63, 3.8) is 0 Å². The Morgan fingerprint density at radius 2 is 2.18 bits per heavy atom. The number of hydrogen-bond acceptors (Lipinski definition) is 3. The molecule has 0 saturated heterocycles. The molecule has 96 valence electrons. The highest BCUT2D eigenvalue weighted by Crippen LogP contribution is 2.05. The van der Waals surface area contributed by atoms with Gasteiger partial charge in [0.05, 0.1) is 11.8 Å². The Labute approximate surface area is 107 Å². The number of H-pyrrole nitrogens is 1. The molecule has 17 heavy (non-hydrogen) atoms. The number of aromatic amines is 1. The quantitative estimate of drug-likeness (QED) is 0.701. The topological polar surface area (TPSA) is 57.8 Å². The van der Waals surface area contributed by atoms with E-state index in [0.717, 1.165) is 18.7 Å². The average molecular weight is 255 g/mol. The lowest BCUT2D eigenvalue weighted by Crippen LogP contribution is -2.24. The molecule has 0 unspecified atom stereocenters. The summed E-state index contributed by atoms with van der Waals surface area (Å²) in [4.78, 5) is 11.7. The molecule has 5 heteroatoms. The Bertz CT molecular complexity index is 338. The molecular formula is C12H21N3OS. The summed E-state index contributed by atoms with van der Waals surface area (Å²) in [5, 5.41) is 9.51. The first-order valence-electron chi connectivity index (χ1n) is 6.03. The smallest absolute Gasteiger partial charge is 0.254 e. The molecule has 1 aromatic heterocycles. The van der Waals surface area contributed by atoms with Gasteiger partial charge in [0.15, 0.2) is 0 Å². The molecule has 0 fully saturated rings. The highest BCUT2D eigenvalue weighted by atomic mass is 32.2. The van der Waals surface area contributed by atoms with Gasteiger partial charge >= 0.3 is 0 Å². The maximum absolute atomic E-state index is 11.7. The molecule has 0 aliphatic rings. The zero-order chi connectivity index (χ0) is 12.5. The van der Waals surface area contributed by atoms with Crippen LogP contribution in [0.15, 0.2) is 6.20 Å². The largest absolute Gasteiger partial charge is 0.352 e. The van der Waals surface area contributed by atoms with E-state index in [9.17, 15) is 4.79 Å². The van der Waals surface area contributed by atoms with E-state index in [1.807, 2.05) is 18.7 Å². The van der Waals surface area contributed by atoms with Gasteiger partial charge in [-0.05, 0) is 31.8 Å². The van der Waals surface area contributed by atoms with Crippen molar-refractivity contribution >= 4 is 17.7 Å². The third-order valence-electron chi connectivity index (χ3n) is 2.64. The number of nitrogens with one attached hydrogen (secondary N) is 2. The van der Waals surface area contributed by atoms with E-state index >= 15 is 0 Å². The van der Waals surface area contributed by atoms with Gasteiger partial charge in [0, 0.05) is 12.2 Å². The Morgan fingerprint density at radius 1 is 1.41 bits per heavy atom. The van der Waals surface area contributed by atoms with Crippen molar-refractivity contribution < 1.29 is 4.79 Å². The molecule has 0 bridgehead atoms. The lowest BCUT2D eigenvalue weighted by atomic mass is 10.2. The van der Waals surface area contributed by atoms with Crippen LogP contribution >= 0.6 is 11.8 Å². The van der Waals surface area contributed by atoms with Crippen molar-refractivity contribution in [1.29, 1.82) is 0 Å². The number of thioether (sulfide) groups is 1. The monoisotopic (exact) mass is 255 g/mol. The molecule has 1 rings (SSSR count). The summed E-state index contributed by atoms with van der Waals surface area (Å²) in [5.41, 5.74) is 1.47. The van der Waals surface area contributed by atoms with Crippen molar-refractivity contribution in [1.82, 2.24) is 15.5 Å². The number of rotatable bonds is 8. The van der Waals surface area contributed by atoms with Gasteiger partial charge in [0.1, 0.15) is 0 Å². The van der Waals surface area contributed by atoms with Crippen molar-refractivity contribution in [2.75, 3.05) is 18.6 Å². The number of carbonyl (C=O) groups is 1. The van der Waals surface area contributed by atoms with Crippen LogP contribution in [0.2, 0.25) is 0 Å². The number of unbranched alkanes of at least 4 members (excludes halogenated alkanes) is 3. The third-order valence-corrected chi connectivity index (χ3v) is 3.33. The summed E-state index contributed by atoms with van der Waals surface area (Å²) in [6.07, 6.45) is 8.47. The van der Waals surface area contributed by atoms with Gasteiger partial charge in [-0.25, -0.2) is 0 Å². The molecule has 1 heterocycles. The molecule has 0 aliphatic heterocycles. The van der Waals surface area contributed by atoms with Crippen LogP contribution in [-0.4, -0.2) is 34.7 Å². The number of carbonyl (C=O) groups excluding carboxylic acids is 1. The Balaban J connectivity index is 2.07. The first kappa shape index (κ1) is 14.1. The van der Waals surface area contributed by atoms with Crippen molar-refractivity contribution in [2.24, 2.45) is 0 Å². The summed E-state index contributed by atoms with van der Waals surface area (Å²) in [6, 6.07) is 0. The Kier molecular flexibility index (Phi) is 6.77. The van der Waals surface area contributed by atoms with Gasteiger partial charge in [0.2, 0.25) is 0 Å². The molecular weight excluding hydrogens is 234 g/mol. The zero-order valence-corrected chi connectivity index (χ0v) is 11.4. The Morgan fingerprint density at radius 3 is 2.82 bits per heavy atom. The highest BCUT2D eigenvalue weighted by molar-refractivity contribution is 7.98. The molecule has 0 radical (unpaired) electrons. The fourth-order valence-corrected chi connectivity index (χ4v) is 2.09. The normalized spacial score (nSPS) is 10.5. The molecule has 0 aromatic carbocycles. The number of hydrogen-bond donors (Lipinski definition) is 2. The number of nitrogens with zero attached hydrogens (tertiary/aromatic N) is 1. The lowest BCUT2D eigenvalue weighted by molar-refractivity contribution is 0.0952. The fraction of sp³-hybridized carbons (Fsp3) is 0.667. The minimum Gasteiger partial charge on any atom is -0.352 e. The van der Waals surface area contributed by atoms with Crippen LogP contribution in [0.4, 0.5) is 0 Å². The van der Waals surface area contributed by atoms with Crippen molar-refractivity contribution in [3.05, 3.63) is 17.5 Å². The van der Waals surface area contributed by atoms with E-state index in [1.165, 1.54) is 25.0 Å². The minimum absolute atomic E-state index is 0.0274. The standard InChI is InChI=1S/C12H21N3OS/c1-10-11(9-14-15-10)12(16)13-7-5-3-4-6-8-17-2/h9H,3-8H2,1-2H3,(H,13,16)(H,14,15). The van der Waals surface area contributed by atoms with E-state index in [4.69, 9.17) is 0 Å². The van der Waals surface area contributed by atoms with Crippen LogP contribution in [0.25, 0.3) is 0 Å². The van der Waals surface area contributed by atoms with E-state index < -0.39 is 0 Å². The summed E-state index contributed by atoms with van der Waals surface area (Å²) in [6.45, 7) is 2.60. The number of aryl methyl sites for hydroxylation is 1. The average Bonchev–Trinajstić information content (AvgIpc) is 2.74. The SMILES string of the molecule is CSCCCCCCNC(=O)c1cn[nH]c1C. The molecule has 4 nitrogen and oxygen atoms in total. The van der Waals surface area contributed by atoms with Gasteiger partial charge in [-0.15, -0.1) is 0 Å². The first-order chi connectivity index (χ1) is 8.25. The second-order valence-electron chi connectivity index (χ2n) is 4.07. The van der Waals surface area contributed by atoms with Gasteiger partial charge in [-0.3, -0.25) is 9.89 Å². The van der Waals surface area contributed by atoms with Gasteiger partial charge in [0.25, 0.3) is 5.91 Å². The summed E-state index contributed by atoms with van der Waals surface area (Å²) in [7, 11) is 0. The maximum atomic E-state index is 11.7. The predicted octanol–water partition coefficient (Wildman–Crippen LogP) is 2.37. The highest BCUT2D eigenvalue weighted by Gasteiger charge is 2.09. The van der Waals surface area contributed by atoms with Crippen molar-refractivity contribution in [2.45, 2.75) is 32.6 Å². The van der Waals surface area contributed by atoms with Crippen molar-refractivity contribution in [3.8, 4) is 0 Å². The first-order valence-corrected chi connectivity index (χ1v) is 7.42. The fourth-order valence-electron chi connectivity index (χ4n) is 1.60. The summed E-state index contributed by atoms with van der Waals surface area (Å²) < 4.78 is 0. The zero-order valence-electron chi connectivity index (χ0n) is 10.6. The molecule has 1 amide bonds. The van der Waals surface area contributed by atoms with Gasteiger partial charge in [-0.2, -0.15) is 16.9 Å². The second kappa shape index (κ2) is 8.17. The van der Waals surface area contributed by atoms with Crippen LogP contribution < -0.4 is 5.32 Å². The van der Waals surface area contributed by atoms with Crippen LogP contribution in [0.3, 0.4) is 0 Å². The van der Waals surface area contributed by atoms with E-state index in [1.54, 1.807) is 6.20 Å². The Hall–Kier alpha value is -0.970. The van der Waals surface area contributed by atoms with Crippen LogP contribution in [0, 0.1) is 6.92 Å².